The first-order valence-corrected chi connectivity index (χ1v) is 7.20. The number of ether oxygens (including phenoxy) is 2. The Morgan fingerprint density at radius 1 is 1.10 bits per heavy atom. The zero-order valence-corrected chi connectivity index (χ0v) is 11.1. The Labute approximate surface area is 131 Å². The lowest BCUT2D eigenvalue weighted by molar-refractivity contribution is -0.140. The van der Waals surface area contributed by atoms with Crippen molar-refractivity contribution in [2.45, 2.75) is 43.1 Å². The average molecular weight is 330 g/mol. The van der Waals surface area contributed by atoms with Crippen LogP contribution in [0.15, 0.2) is 12.2 Å². The number of hydrogen-bond donors (Lipinski definition) is 1. The third-order valence-corrected chi connectivity index (χ3v) is 2.23. The Balaban J connectivity index is -0.000000213. The molecule has 7 heteroatoms. The molecule has 0 aliphatic rings. The molecule has 0 aromatic rings. The van der Waals surface area contributed by atoms with Crippen LogP contribution in [0.25, 0.3) is 0 Å². The molecule has 0 aromatic carbocycles. The van der Waals surface area contributed by atoms with Crippen molar-refractivity contribution in [1.29, 1.82) is 0 Å². The minimum atomic E-state index is -3.39. The molecule has 0 spiro atoms. The van der Waals surface area contributed by atoms with Crippen molar-refractivity contribution in [1.82, 2.24) is 0 Å². The molecule has 1 atom stereocenters. The van der Waals surface area contributed by atoms with Gasteiger partial charge >= 0.3 is 13.6 Å². The first kappa shape index (κ1) is 32.3. The smallest absolute Gasteiger partial charge is 0.333 e. The van der Waals surface area contributed by atoms with E-state index < -0.39 is 13.6 Å². The number of carbonyl (C=O) groups excluding carboxylic acids is 1. The van der Waals surface area contributed by atoms with Gasteiger partial charge in [-0.05, 0) is 13.3 Å². The zero-order valence-electron chi connectivity index (χ0n) is 10.2. The van der Waals surface area contributed by atoms with Crippen molar-refractivity contribution >= 4 is 13.6 Å². The minimum absolute atomic E-state index is 0. The van der Waals surface area contributed by atoms with Crippen LogP contribution in [0.2, 0.25) is 0 Å². The fourth-order valence-corrected chi connectivity index (χ4v) is 1.28. The van der Waals surface area contributed by atoms with E-state index in [2.05, 4.69) is 11.1 Å². The van der Waals surface area contributed by atoms with Gasteiger partial charge in [-0.2, -0.15) is 0 Å². The lowest BCUT2D eigenvalue weighted by Crippen LogP contribution is -2.11. The SMILES string of the molecule is C.C.C.C.C=C(C)C(=O)OCCOCCCOP(C)(=O)O. The summed E-state index contributed by atoms with van der Waals surface area (Å²) in [6.07, 6.45) is 0.507. The molecule has 1 unspecified atom stereocenters. The molecule has 0 fully saturated rings. The van der Waals surface area contributed by atoms with E-state index in [1.54, 1.807) is 6.92 Å². The Bertz CT molecular complexity index is 298. The van der Waals surface area contributed by atoms with Crippen LogP contribution in [0.3, 0.4) is 0 Å². The molecule has 0 aliphatic heterocycles. The maximum Gasteiger partial charge on any atom is 0.333 e. The van der Waals surface area contributed by atoms with Crippen LogP contribution in [0.5, 0.6) is 0 Å². The Morgan fingerprint density at radius 2 is 1.62 bits per heavy atom. The van der Waals surface area contributed by atoms with E-state index in [1.807, 2.05) is 0 Å². The molecule has 0 saturated carbocycles. The summed E-state index contributed by atoms with van der Waals surface area (Å²) in [4.78, 5) is 19.7. The van der Waals surface area contributed by atoms with Gasteiger partial charge < -0.3 is 18.9 Å². The van der Waals surface area contributed by atoms with Crippen LogP contribution in [0, 0.1) is 0 Å². The number of rotatable bonds is 9. The first-order chi connectivity index (χ1) is 7.83. The van der Waals surface area contributed by atoms with Gasteiger partial charge in [-0.1, -0.05) is 36.3 Å². The van der Waals surface area contributed by atoms with Gasteiger partial charge in [0.1, 0.15) is 6.61 Å². The van der Waals surface area contributed by atoms with Crippen molar-refractivity contribution in [3.63, 3.8) is 0 Å². The average Bonchev–Trinajstić information content (AvgIpc) is 2.19. The molecule has 0 rings (SSSR count). The van der Waals surface area contributed by atoms with Crippen molar-refractivity contribution in [3.8, 4) is 0 Å². The fourth-order valence-electron chi connectivity index (χ4n) is 0.813. The third kappa shape index (κ3) is 24.7. The van der Waals surface area contributed by atoms with E-state index in [4.69, 9.17) is 14.4 Å². The molecule has 0 heterocycles. The van der Waals surface area contributed by atoms with Crippen molar-refractivity contribution < 1.29 is 28.3 Å². The summed E-state index contributed by atoms with van der Waals surface area (Å²) >= 11 is 0. The van der Waals surface area contributed by atoms with E-state index in [0.717, 1.165) is 6.66 Å². The van der Waals surface area contributed by atoms with Crippen LogP contribution in [0.4, 0.5) is 0 Å². The van der Waals surface area contributed by atoms with Crippen LogP contribution >= 0.6 is 7.60 Å². The van der Waals surface area contributed by atoms with E-state index in [0.29, 0.717) is 18.6 Å². The molecule has 0 saturated heterocycles. The highest BCUT2D eigenvalue weighted by Crippen LogP contribution is 2.36. The van der Waals surface area contributed by atoms with Gasteiger partial charge in [0.2, 0.25) is 0 Å². The molecule has 6 nitrogen and oxygen atoms in total. The Hall–Kier alpha value is -0.680. The van der Waals surface area contributed by atoms with Gasteiger partial charge in [-0.15, -0.1) is 0 Å². The first-order valence-electron chi connectivity index (χ1n) is 5.18. The maximum absolute atomic E-state index is 10.9. The van der Waals surface area contributed by atoms with Crippen molar-refractivity contribution in [3.05, 3.63) is 12.2 Å². The molecular weight excluding hydrogens is 295 g/mol. The van der Waals surface area contributed by atoms with E-state index in [9.17, 15) is 9.36 Å². The maximum atomic E-state index is 10.9. The standard InChI is InChI=1S/C10H19O6P.4CH4/c1-9(2)10(11)15-8-7-14-5-4-6-16-17(3,12)13;;;;/h1,4-8H2,2-3H3,(H,12,13);4*1H4. The highest BCUT2D eigenvalue weighted by Gasteiger charge is 2.08. The molecule has 0 radical (unpaired) electrons. The molecule has 0 aliphatic carbocycles. The van der Waals surface area contributed by atoms with Crippen LogP contribution in [-0.2, 0) is 23.4 Å². The second-order valence-electron chi connectivity index (χ2n) is 3.52. The molecule has 132 valence electrons. The minimum Gasteiger partial charge on any atom is -0.460 e. The van der Waals surface area contributed by atoms with Gasteiger partial charge in [-0.3, -0.25) is 4.57 Å². The van der Waals surface area contributed by atoms with Crippen LogP contribution < -0.4 is 0 Å². The second kappa shape index (κ2) is 17.4. The Kier molecular flexibility index (Phi) is 26.7. The Morgan fingerprint density at radius 3 is 2.05 bits per heavy atom. The van der Waals surface area contributed by atoms with Crippen molar-refractivity contribution in [2.75, 3.05) is 33.1 Å². The van der Waals surface area contributed by atoms with Gasteiger partial charge in [-0.25, -0.2) is 4.79 Å². The quantitative estimate of drug-likeness (QED) is 0.299. The summed E-state index contributed by atoms with van der Waals surface area (Å²) in [5.74, 6) is -0.441. The largest absolute Gasteiger partial charge is 0.460 e. The van der Waals surface area contributed by atoms with E-state index in [1.165, 1.54) is 0 Å². The van der Waals surface area contributed by atoms with E-state index in [-0.39, 0.29) is 49.5 Å². The summed E-state index contributed by atoms with van der Waals surface area (Å²) in [6.45, 7) is 7.12. The lowest BCUT2D eigenvalue weighted by atomic mass is 10.4. The van der Waals surface area contributed by atoms with E-state index >= 15 is 0 Å². The summed E-state index contributed by atoms with van der Waals surface area (Å²) in [6, 6.07) is 0. The summed E-state index contributed by atoms with van der Waals surface area (Å²) in [5, 5.41) is 0. The molecule has 0 aromatic heterocycles. The fraction of sp³-hybridized carbons (Fsp3) is 0.786. The second-order valence-corrected chi connectivity index (χ2v) is 5.38. The predicted molar refractivity (Wildman–Crippen MR) is 89.8 cm³/mol. The van der Waals surface area contributed by atoms with Gasteiger partial charge in [0.05, 0.1) is 13.2 Å². The predicted octanol–water partition coefficient (Wildman–Crippen LogP) is 3.89. The van der Waals surface area contributed by atoms with Gasteiger partial charge in [0.15, 0.2) is 0 Å². The normalized spacial score (nSPS) is 11.4. The molecular formula is C14H35O6P. The highest BCUT2D eigenvalue weighted by molar-refractivity contribution is 7.51. The molecule has 0 amide bonds. The van der Waals surface area contributed by atoms with Crippen LogP contribution in [-0.4, -0.2) is 44.0 Å². The molecule has 0 bridgehead atoms. The molecule has 21 heavy (non-hydrogen) atoms. The number of hydrogen-bond acceptors (Lipinski definition) is 5. The third-order valence-electron chi connectivity index (χ3n) is 1.57. The lowest BCUT2D eigenvalue weighted by Gasteiger charge is -2.07. The number of esters is 1. The van der Waals surface area contributed by atoms with Gasteiger partial charge in [0, 0.05) is 18.8 Å². The summed E-state index contributed by atoms with van der Waals surface area (Å²) < 4.78 is 25.3. The molecule has 1 N–H and O–H groups in total. The summed E-state index contributed by atoms with van der Waals surface area (Å²) in [7, 11) is -3.39. The number of carbonyl (C=O) groups is 1. The summed E-state index contributed by atoms with van der Waals surface area (Å²) in [5.41, 5.74) is 0.347. The van der Waals surface area contributed by atoms with Crippen molar-refractivity contribution in [2.24, 2.45) is 0 Å². The highest BCUT2D eigenvalue weighted by atomic mass is 31.2. The monoisotopic (exact) mass is 330 g/mol. The van der Waals surface area contributed by atoms with Crippen LogP contribution in [0.1, 0.15) is 43.1 Å². The zero-order chi connectivity index (χ0) is 13.3. The van der Waals surface area contributed by atoms with Gasteiger partial charge in [0.25, 0.3) is 0 Å². The topological polar surface area (TPSA) is 82.1 Å².